The first-order valence-corrected chi connectivity index (χ1v) is 23.8. The Bertz CT molecular complexity index is 2730. The summed E-state index contributed by atoms with van der Waals surface area (Å²) in [5.41, 5.74) is 9.04. The highest BCUT2D eigenvalue weighted by Crippen LogP contribution is 2.40. The van der Waals surface area contributed by atoms with Crippen LogP contribution in [0.1, 0.15) is 73.6 Å². The standard InChI is InChI=1S/C49H59N7O10S/c1-49(2,3)32-28-40(46(65-5)41(29-32)54-67(6,62)63)53-48(61)52-39-16-17-43(36-11-8-7-10-35(36)39)66-34-19-20-51-33(30-34)26-31-13-14-37(44(27-31)64-4)42(57)12-9-21-55-22-24-56(25-23-55)45(58)18-15-38(50)47(59)60/h7-8,10-11,13-14,16-17,19-20,27-30,38,54H,9,12,15,18,21-26,50H2,1-6H3,(H,59,60)(H2,52,53,61)/t38-/m1/s1. The van der Waals surface area contributed by atoms with Crippen LogP contribution in [0.15, 0.2) is 85.1 Å². The number of ketones is 1. The van der Waals surface area contributed by atoms with Crippen LogP contribution in [-0.2, 0) is 31.4 Å². The topological polar surface area (TPSA) is 232 Å². The van der Waals surface area contributed by atoms with Gasteiger partial charge in [0, 0.05) is 74.2 Å². The summed E-state index contributed by atoms with van der Waals surface area (Å²) in [6, 6.07) is 22.0. The average Bonchev–Trinajstić information content (AvgIpc) is 3.28. The van der Waals surface area contributed by atoms with Crippen LogP contribution in [0.2, 0.25) is 0 Å². The van der Waals surface area contributed by atoms with Gasteiger partial charge in [-0.3, -0.25) is 29.0 Å². The van der Waals surface area contributed by atoms with E-state index in [9.17, 15) is 27.6 Å². The molecule has 356 valence electrons. The maximum atomic E-state index is 13.6. The number of carbonyl (C=O) groups is 4. The summed E-state index contributed by atoms with van der Waals surface area (Å²) in [6.07, 6.45) is 4.33. The predicted molar refractivity (Wildman–Crippen MR) is 258 cm³/mol. The summed E-state index contributed by atoms with van der Waals surface area (Å²) in [4.78, 5) is 58.9. The van der Waals surface area contributed by atoms with Crippen LogP contribution < -0.4 is 35.3 Å². The maximum Gasteiger partial charge on any atom is 0.323 e. The minimum Gasteiger partial charge on any atom is -0.496 e. The van der Waals surface area contributed by atoms with Crippen LogP contribution in [-0.4, -0.2) is 111 Å². The summed E-state index contributed by atoms with van der Waals surface area (Å²) in [5, 5.41) is 16.2. The lowest BCUT2D eigenvalue weighted by atomic mass is 9.86. The zero-order valence-corrected chi connectivity index (χ0v) is 39.5. The van der Waals surface area contributed by atoms with Gasteiger partial charge in [-0.25, -0.2) is 13.2 Å². The molecule has 1 aromatic heterocycles. The number of piperazine rings is 1. The molecule has 0 unspecified atom stereocenters. The summed E-state index contributed by atoms with van der Waals surface area (Å²) >= 11 is 0. The Balaban J connectivity index is 1.06. The first-order valence-electron chi connectivity index (χ1n) is 21.9. The molecule has 0 bridgehead atoms. The Morgan fingerprint density at radius 2 is 1.54 bits per heavy atom. The quantitative estimate of drug-likeness (QED) is 0.0515. The molecule has 6 N–H and O–H groups in total. The Hall–Kier alpha value is -6.76. The van der Waals surface area contributed by atoms with E-state index < -0.39 is 28.1 Å². The minimum absolute atomic E-state index is 0.0289. The van der Waals surface area contributed by atoms with Gasteiger partial charge in [0.1, 0.15) is 23.3 Å². The van der Waals surface area contributed by atoms with Crippen LogP contribution in [0, 0.1) is 0 Å². The third-order valence-electron chi connectivity index (χ3n) is 11.4. The van der Waals surface area contributed by atoms with Crippen LogP contribution in [0.3, 0.4) is 0 Å². The Kier molecular flexibility index (Phi) is 16.1. The van der Waals surface area contributed by atoms with Crippen molar-refractivity contribution in [2.75, 3.05) is 68.6 Å². The number of aliphatic carboxylic acids is 1. The number of anilines is 3. The average molecular weight is 938 g/mol. The predicted octanol–water partition coefficient (Wildman–Crippen LogP) is 7.25. The number of hydrogen-bond acceptors (Lipinski definition) is 12. The fraction of sp³-hybridized carbons (Fsp3) is 0.367. The van der Waals surface area contributed by atoms with Gasteiger partial charge in [-0.1, -0.05) is 51.1 Å². The van der Waals surface area contributed by atoms with Gasteiger partial charge in [0.15, 0.2) is 11.5 Å². The van der Waals surface area contributed by atoms with Gasteiger partial charge in [0.2, 0.25) is 15.9 Å². The van der Waals surface area contributed by atoms with Crippen molar-refractivity contribution < 1.29 is 46.9 Å². The second kappa shape index (κ2) is 21.7. The second-order valence-electron chi connectivity index (χ2n) is 17.5. The van der Waals surface area contributed by atoms with E-state index in [1.165, 1.54) is 14.2 Å². The van der Waals surface area contributed by atoms with E-state index in [1.807, 2.05) is 63.2 Å². The van der Waals surface area contributed by atoms with Crippen molar-refractivity contribution in [1.29, 1.82) is 0 Å². The largest absolute Gasteiger partial charge is 0.496 e. The summed E-state index contributed by atoms with van der Waals surface area (Å²) in [6.45, 7) is 9.07. The van der Waals surface area contributed by atoms with Gasteiger partial charge >= 0.3 is 12.0 Å². The zero-order valence-electron chi connectivity index (χ0n) is 38.7. The van der Waals surface area contributed by atoms with Crippen LogP contribution in [0.5, 0.6) is 23.0 Å². The number of hydrogen-bond donors (Lipinski definition) is 5. The number of carboxylic acids is 1. The molecule has 0 spiro atoms. The number of carboxylic acid groups (broad SMARTS) is 1. The van der Waals surface area contributed by atoms with Gasteiger partial charge < -0.3 is 40.6 Å². The maximum absolute atomic E-state index is 13.6. The van der Waals surface area contributed by atoms with Crippen LogP contribution in [0.4, 0.5) is 21.9 Å². The zero-order chi connectivity index (χ0) is 48.5. The third kappa shape index (κ3) is 13.4. The molecular weight excluding hydrogens is 879 g/mol. The van der Waals surface area contributed by atoms with Crippen molar-refractivity contribution in [3.8, 4) is 23.0 Å². The Morgan fingerprint density at radius 3 is 2.21 bits per heavy atom. The first-order chi connectivity index (χ1) is 31.8. The monoisotopic (exact) mass is 937 g/mol. The number of rotatable bonds is 19. The summed E-state index contributed by atoms with van der Waals surface area (Å²) in [5.74, 6) is 0.493. The number of benzene rings is 4. The SMILES string of the molecule is COc1cc(Cc2cc(Oc3ccc(NC(=O)Nc4cc(C(C)(C)C)cc(NS(C)(=O)=O)c4OC)c4ccccc34)ccn2)ccc1C(=O)CCCN1CCN(C(=O)CC[C@@H](N)C(=O)O)CC1. The van der Waals surface area contributed by atoms with E-state index in [-0.39, 0.29) is 47.1 Å². The highest BCUT2D eigenvalue weighted by Gasteiger charge is 2.25. The fourth-order valence-electron chi connectivity index (χ4n) is 7.80. The number of pyridine rings is 1. The van der Waals surface area contributed by atoms with Crippen molar-refractivity contribution in [2.45, 2.75) is 64.3 Å². The molecule has 1 aliphatic heterocycles. The van der Waals surface area contributed by atoms with Crippen molar-refractivity contribution in [1.82, 2.24) is 14.8 Å². The number of carbonyl (C=O) groups excluding carboxylic acids is 3. The number of fused-ring (bicyclic) bond motifs is 1. The number of nitrogens with two attached hydrogens (primary N) is 1. The lowest BCUT2D eigenvalue weighted by Crippen LogP contribution is -2.49. The minimum atomic E-state index is -3.66. The molecule has 1 fully saturated rings. The number of sulfonamides is 1. The highest BCUT2D eigenvalue weighted by molar-refractivity contribution is 7.92. The molecule has 2 heterocycles. The number of ether oxygens (including phenoxy) is 3. The van der Waals surface area contributed by atoms with E-state index in [4.69, 9.17) is 25.1 Å². The van der Waals surface area contributed by atoms with E-state index >= 15 is 0 Å². The smallest absolute Gasteiger partial charge is 0.323 e. The lowest BCUT2D eigenvalue weighted by Gasteiger charge is -2.34. The third-order valence-corrected chi connectivity index (χ3v) is 12.0. The molecule has 67 heavy (non-hydrogen) atoms. The lowest BCUT2D eigenvalue weighted by molar-refractivity contribution is -0.139. The molecule has 1 aliphatic rings. The van der Waals surface area contributed by atoms with Gasteiger partial charge in [-0.05, 0) is 78.4 Å². The molecule has 1 saturated heterocycles. The molecule has 0 radical (unpaired) electrons. The molecule has 4 aromatic carbocycles. The van der Waals surface area contributed by atoms with E-state index in [1.54, 1.807) is 47.5 Å². The molecule has 0 saturated carbocycles. The van der Waals surface area contributed by atoms with E-state index in [0.717, 1.165) is 28.5 Å². The summed E-state index contributed by atoms with van der Waals surface area (Å²) in [7, 11) is -0.719. The fourth-order valence-corrected chi connectivity index (χ4v) is 8.35. The van der Waals surface area contributed by atoms with Gasteiger partial charge in [-0.15, -0.1) is 0 Å². The van der Waals surface area contributed by atoms with E-state index in [0.29, 0.717) is 85.9 Å². The molecule has 3 amide bonds. The highest BCUT2D eigenvalue weighted by atomic mass is 32.2. The van der Waals surface area contributed by atoms with E-state index in [2.05, 4.69) is 25.2 Å². The molecule has 17 nitrogen and oxygen atoms in total. The van der Waals surface area contributed by atoms with Crippen molar-refractivity contribution in [2.24, 2.45) is 5.73 Å². The van der Waals surface area contributed by atoms with Crippen molar-refractivity contribution in [3.63, 3.8) is 0 Å². The number of nitrogens with one attached hydrogen (secondary N) is 3. The number of urea groups is 1. The number of aromatic nitrogens is 1. The molecule has 5 aromatic rings. The van der Waals surface area contributed by atoms with Crippen molar-refractivity contribution in [3.05, 3.63) is 107 Å². The second-order valence-corrected chi connectivity index (χ2v) is 19.2. The number of methoxy groups -OCH3 is 2. The molecule has 18 heteroatoms. The normalized spacial score (nSPS) is 13.7. The molecule has 6 rings (SSSR count). The van der Waals surface area contributed by atoms with Gasteiger partial charge in [0.25, 0.3) is 0 Å². The van der Waals surface area contributed by atoms with Crippen molar-refractivity contribution >= 4 is 61.5 Å². The van der Waals surface area contributed by atoms with Gasteiger partial charge in [0.05, 0.1) is 43.1 Å². The summed E-state index contributed by atoms with van der Waals surface area (Å²) < 4.78 is 44.6. The molecular formula is C49H59N7O10S. The number of nitrogens with zero attached hydrogens (tertiary/aromatic N) is 3. The Labute approximate surface area is 391 Å². The molecule has 1 atom stereocenters. The molecule has 0 aliphatic carbocycles. The van der Waals surface area contributed by atoms with Gasteiger partial charge in [-0.2, -0.15) is 0 Å². The number of Topliss-reactive ketones (excluding diaryl/α,β-unsaturated/α-hetero) is 1. The Morgan fingerprint density at radius 1 is 0.836 bits per heavy atom. The van der Waals surface area contributed by atoms with Crippen LogP contribution in [0.25, 0.3) is 10.8 Å². The number of amides is 3. The first kappa shape index (κ1) is 49.7. The van der Waals surface area contributed by atoms with Crippen LogP contribution >= 0.6 is 0 Å².